The van der Waals surface area contributed by atoms with Gasteiger partial charge >= 0.3 is 0 Å². The summed E-state index contributed by atoms with van der Waals surface area (Å²) in [4.78, 5) is 4.37. The fraction of sp³-hybridized carbons (Fsp3) is 0.435. The SMILES string of the molecule is CN=C(NCc1ccc(C)cc1C)NCC1(c2cccc(F)c2)CCOCC1.I. The quantitative estimate of drug-likeness (QED) is 0.354. The fourth-order valence-corrected chi connectivity index (χ4v) is 3.84. The van der Waals surface area contributed by atoms with Crippen molar-refractivity contribution in [2.75, 3.05) is 26.8 Å². The number of aliphatic imine (C=N–C) groups is 1. The van der Waals surface area contributed by atoms with Crippen LogP contribution in [0.3, 0.4) is 0 Å². The molecule has 1 saturated heterocycles. The van der Waals surface area contributed by atoms with Crippen molar-refractivity contribution in [2.45, 2.75) is 38.6 Å². The van der Waals surface area contributed by atoms with Crippen molar-refractivity contribution in [3.63, 3.8) is 0 Å². The number of hydrogen-bond donors (Lipinski definition) is 2. The molecule has 1 heterocycles. The normalized spacial score (nSPS) is 16.1. The van der Waals surface area contributed by atoms with Crippen LogP contribution in [0.25, 0.3) is 0 Å². The van der Waals surface area contributed by atoms with Crippen LogP contribution in [0.15, 0.2) is 47.5 Å². The van der Waals surface area contributed by atoms with E-state index >= 15 is 0 Å². The van der Waals surface area contributed by atoms with Crippen LogP contribution in [-0.2, 0) is 16.7 Å². The Morgan fingerprint density at radius 3 is 2.52 bits per heavy atom. The number of nitrogens with one attached hydrogen (secondary N) is 2. The van der Waals surface area contributed by atoms with Crippen LogP contribution in [0, 0.1) is 19.7 Å². The first-order valence-corrected chi connectivity index (χ1v) is 9.87. The molecule has 1 aliphatic rings. The highest BCUT2D eigenvalue weighted by Gasteiger charge is 2.34. The molecule has 4 nitrogen and oxygen atoms in total. The van der Waals surface area contributed by atoms with Gasteiger partial charge in [-0.05, 0) is 55.5 Å². The maximum absolute atomic E-state index is 13.8. The minimum Gasteiger partial charge on any atom is -0.381 e. The third-order valence-electron chi connectivity index (χ3n) is 5.65. The zero-order valence-corrected chi connectivity index (χ0v) is 19.8. The topological polar surface area (TPSA) is 45.7 Å². The van der Waals surface area contributed by atoms with Gasteiger partial charge in [-0.3, -0.25) is 4.99 Å². The van der Waals surface area contributed by atoms with E-state index in [0.717, 1.165) is 24.4 Å². The first-order chi connectivity index (χ1) is 13.5. The third kappa shape index (κ3) is 6.15. The number of aryl methyl sites for hydroxylation is 2. The molecule has 6 heteroatoms. The van der Waals surface area contributed by atoms with E-state index in [1.807, 2.05) is 6.07 Å². The minimum atomic E-state index is -0.194. The molecular formula is C23H31FIN3O. The highest BCUT2D eigenvalue weighted by Crippen LogP contribution is 2.34. The summed E-state index contributed by atoms with van der Waals surface area (Å²) in [6.45, 7) is 7.00. The van der Waals surface area contributed by atoms with Crippen LogP contribution in [0.1, 0.15) is 35.1 Å². The van der Waals surface area contributed by atoms with Gasteiger partial charge in [0, 0.05) is 38.8 Å². The van der Waals surface area contributed by atoms with Crippen LogP contribution in [0.5, 0.6) is 0 Å². The highest BCUT2D eigenvalue weighted by atomic mass is 127. The first-order valence-electron chi connectivity index (χ1n) is 9.87. The van der Waals surface area contributed by atoms with Crippen molar-refractivity contribution in [3.05, 3.63) is 70.5 Å². The van der Waals surface area contributed by atoms with Crippen LogP contribution >= 0.6 is 24.0 Å². The number of nitrogens with zero attached hydrogens (tertiary/aromatic N) is 1. The number of halogens is 2. The molecule has 29 heavy (non-hydrogen) atoms. The van der Waals surface area contributed by atoms with E-state index in [0.29, 0.717) is 26.3 Å². The number of rotatable bonds is 5. The van der Waals surface area contributed by atoms with Crippen LogP contribution in [0.4, 0.5) is 4.39 Å². The minimum absolute atomic E-state index is 0. The van der Waals surface area contributed by atoms with Crippen molar-refractivity contribution in [2.24, 2.45) is 4.99 Å². The maximum atomic E-state index is 13.8. The molecule has 0 unspecified atom stereocenters. The molecule has 0 bridgehead atoms. The Labute approximate surface area is 190 Å². The van der Waals surface area contributed by atoms with Crippen LogP contribution in [0.2, 0.25) is 0 Å². The van der Waals surface area contributed by atoms with E-state index in [-0.39, 0.29) is 35.2 Å². The Bertz CT molecular complexity index is 835. The molecule has 0 aliphatic carbocycles. The Morgan fingerprint density at radius 1 is 1.10 bits per heavy atom. The lowest BCUT2D eigenvalue weighted by molar-refractivity contribution is 0.0513. The van der Waals surface area contributed by atoms with E-state index in [9.17, 15) is 4.39 Å². The Morgan fingerprint density at radius 2 is 1.86 bits per heavy atom. The van der Waals surface area contributed by atoms with Gasteiger partial charge in [-0.15, -0.1) is 24.0 Å². The van der Waals surface area contributed by atoms with Gasteiger partial charge < -0.3 is 15.4 Å². The molecule has 0 atom stereocenters. The molecule has 1 aliphatic heterocycles. The monoisotopic (exact) mass is 511 g/mol. The second kappa shape index (κ2) is 10.9. The molecule has 0 aromatic heterocycles. The molecule has 0 saturated carbocycles. The lowest BCUT2D eigenvalue weighted by Crippen LogP contribution is -2.48. The van der Waals surface area contributed by atoms with Gasteiger partial charge in [0.05, 0.1) is 0 Å². The number of guanidine groups is 1. The third-order valence-corrected chi connectivity index (χ3v) is 5.65. The highest BCUT2D eigenvalue weighted by molar-refractivity contribution is 14.0. The lowest BCUT2D eigenvalue weighted by atomic mass is 9.74. The zero-order chi connectivity index (χ0) is 20.0. The smallest absolute Gasteiger partial charge is 0.191 e. The molecule has 1 fully saturated rings. The van der Waals surface area contributed by atoms with E-state index in [1.165, 1.54) is 22.8 Å². The average molecular weight is 511 g/mol. The van der Waals surface area contributed by atoms with E-state index < -0.39 is 0 Å². The predicted octanol–water partition coefficient (Wildman–Crippen LogP) is 4.47. The molecular weight excluding hydrogens is 480 g/mol. The molecule has 0 amide bonds. The van der Waals surface area contributed by atoms with Gasteiger partial charge in [0.25, 0.3) is 0 Å². The van der Waals surface area contributed by atoms with E-state index in [4.69, 9.17) is 4.74 Å². The summed E-state index contributed by atoms with van der Waals surface area (Å²) in [5.41, 5.74) is 4.65. The number of ether oxygens (including phenoxy) is 1. The second-order valence-corrected chi connectivity index (χ2v) is 7.61. The van der Waals surface area contributed by atoms with Crippen LogP contribution in [-0.4, -0.2) is 32.8 Å². The molecule has 3 rings (SSSR count). The van der Waals surface area contributed by atoms with Gasteiger partial charge in [0.15, 0.2) is 5.96 Å². The number of benzene rings is 2. The summed E-state index contributed by atoms with van der Waals surface area (Å²) in [6, 6.07) is 13.4. The predicted molar refractivity (Wildman–Crippen MR) is 128 cm³/mol. The molecule has 0 radical (unpaired) electrons. The van der Waals surface area contributed by atoms with Crippen molar-refractivity contribution in [1.29, 1.82) is 0 Å². The van der Waals surface area contributed by atoms with Gasteiger partial charge in [-0.25, -0.2) is 4.39 Å². The molecule has 2 N–H and O–H groups in total. The van der Waals surface area contributed by atoms with Gasteiger partial charge in [-0.1, -0.05) is 35.9 Å². The van der Waals surface area contributed by atoms with E-state index in [1.54, 1.807) is 19.2 Å². The summed E-state index contributed by atoms with van der Waals surface area (Å²) in [5.74, 6) is 0.558. The van der Waals surface area contributed by atoms with E-state index in [2.05, 4.69) is 47.7 Å². The first kappa shape index (κ1) is 23.6. The lowest BCUT2D eigenvalue weighted by Gasteiger charge is -2.38. The molecule has 158 valence electrons. The molecule has 2 aromatic carbocycles. The summed E-state index contributed by atoms with van der Waals surface area (Å²) in [5, 5.41) is 6.86. The second-order valence-electron chi connectivity index (χ2n) is 7.61. The summed E-state index contributed by atoms with van der Waals surface area (Å²) < 4.78 is 19.4. The van der Waals surface area contributed by atoms with Gasteiger partial charge in [0.2, 0.25) is 0 Å². The largest absolute Gasteiger partial charge is 0.381 e. The Kier molecular flexibility index (Phi) is 8.89. The summed E-state index contributed by atoms with van der Waals surface area (Å²) in [6.07, 6.45) is 1.72. The molecule has 2 aromatic rings. The van der Waals surface area contributed by atoms with Gasteiger partial charge in [-0.2, -0.15) is 0 Å². The van der Waals surface area contributed by atoms with Crippen molar-refractivity contribution in [1.82, 2.24) is 10.6 Å². The van der Waals surface area contributed by atoms with Crippen molar-refractivity contribution in [3.8, 4) is 0 Å². The summed E-state index contributed by atoms with van der Waals surface area (Å²) in [7, 11) is 1.77. The Hall–Kier alpha value is -1.67. The van der Waals surface area contributed by atoms with Crippen molar-refractivity contribution < 1.29 is 9.13 Å². The fourth-order valence-electron chi connectivity index (χ4n) is 3.84. The molecule has 0 spiro atoms. The average Bonchev–Trinajstić information content (AvgIpc) is 2.70. The van der Waals surface area contributed by atoms with Gasteiger partial charge in [0.1, 0.15) is 5.82 Å². The standard InChI is InChI=1S/C23H30FN3O.HI/c1-17-7-8-19(18(2)13-17)15-26-22(25-3)27-16-23(9-11-28-12-10-23)20-5-4-6-21(24)14-20;/h4-8,13-14H,9-12,15-16H2,1-3H3,(H2,25,26,27);1H. The number of hydrogen-bond acceptors (Lipinski definition) is 2. The van der Waals surface area contributed by atoms with Crippen molar-refractivity contribution >= 4 is 29.9 Å². The van der Waals surface area contributed by atoms with Crippen LogP contribution < -0.4 is 10.6 Å². The maximum Gasteiger partial charge on any atom is 0.191 e. The Balaban J connectivity index is 0.00000300. The summed E-state index contributed by atoms with van der Waals surface area (Å²) >= 11 is 0. The zero-order valence-electron chi connectivity index (χ0n) is 17.4.